The Morgan fingerprint density at radius 1 is 1.15 bits per heavy atom. The van der Waals surface area contributed by atoms with E-state index in [2.05, 4.69) is 43.9 Å². The molecule has 0 fully saturated rings. The van der Waals surface area contributed by atoms with E-state index in [1.807, 2.05) is 37.4 Å². The molecule has 0 saturated heterocycles. The fourth-order valence-corrected chi connectivity index (χ4v) is 5.53. The highest BCUT2D eigenvalue weighted by Gasteiger charge is 2.31. The Hall–Kier alpha value is -2.81. The zero-order chi connectivity index (χ0) is 22.9. The first-order valence-corrected chi connectivity index (χ1v) is 12.3. The van der Waals surface area contributed by atoms with Crippen LogP contribution in [0.1, 0.15) is 51.5 Å². The smallest absolute Gasteiger partial charge is 0.164 e. The minimum Gasteiger partial charge on any atom is -0.349 e. The van der Waals surface area contributed by atoms with Gasteiger partial charge in [-0.05, 0) is 51.4 Å². The molecule has 9 heteroatoms. The quantitative estimate of drug-likeness (QED) is 0.375. The Morgan fingerprint density at radius 2 is 1.97 bits per heavy atom. The van der Waals surface area contributed by atoms with Crippen LogP contribution in [0.25, 0.3) is 5.00 Å². The van der Waals surface area contributed by atoms with Gasteiger partial charge in [-0.25, -0.2) is 4.98 Å². The Kier molecular flexibility index (Phi) is 6.14. The molecule has 4 aromatic rings. The number of aromatic nitrogens is 5. The monoisotopic (exact) mass is 479 g/mol. The summed E-state index contributed by atoms with van der Waals surface area (Å²) in [6.07, 6.45) is 5.55. The van der Waals surface area contributed by atoms with Crippen LogP contribution in [-0.4, -0.2) is 43.5 Å². The molecule has 1 unspecified atom stereocenters. The van der Waals surface area contributed by atoms with Crippen molar-refractivity contribution in [2.24, 2.45) is 4.99 Å². The lowest BCUT2D eigenvalue weighted by Crippen LogP contribution is -2.24. The minimum atomic E-state index is -0.153. The molecule has 7 nitrogen and oxygen atoms in total. The molecule has 0 amide bonds. The number of H-pyrrole nitrogens is 1. The summed E-state index contributed by atoms with van der Waals surface area (Å²) in [6.45, 7) is 7.89. The van der Waals surface area contributed by atoms with Crippen molar-refractivity contribution < 1.29 is 0 Å². The largest absolute Gasteiger partial charge is 0.349 e. The van der Waals surface area contributed by atoms with Gasteiger partial charge < -0.3 is 10.3 Å². The van der Waals surface area contributed by atoms with E-state index in [1.54, 1.807) is 17.5 Å². The van der Waals surface area contributed by atoms with Crippen LogP contribution in [0.15, 0.2) is 41.7 Å². The number of nitrogens with one attached hydrogen (secondary N) is 2. The van der Waals surface area contributed by atoms with Crippen LogP contribution in [0.4, 0.5) is 0 Å². The van der Waals surface area contributed by atoms with Crippen LogP contribution < -0.4 is 5.32 Å². The van der Waals surface area contributed by atoms with Crippen molar-refractivity contribution in [2.75, 3.05) is 13.1 Å². The number of halogens is 1. The van der Waals surface area contributed by atoms with Gasteiger partial charge in [-0.3, -0.25) is 9.56 Å². The molecule has 1 aromatic carbocycles. The normalized spacial score (nSPS) is 15.2. The molecule has 0 aliphatic carbocycles. The molecule has 1 atom stereocenters. The zero-order valence-corrected chi connectivity index (χ0v) is 20.5. The molecule has 170 valence electrons. The molecule has 0 radical (unpaired) electrons. The molecule has 3 aromatic heterocycles. The van der Waals surface area contributed by atoms with Gasteiger partial charge in [0.05, 0.1) is 5.71 Å². The van der Waals surface area contributed by atoms with Crippen molar-refractivity contribution in [3.63, 3.8) is 0 Å². The van der Waals surface area contributed by atoms with Crippen molar-refractivity contribution in [2.45, 2.75) is 39.7 Å². The van der Waals surface area contributed by atoms with E-state index in [1.165, 1.54) is 10.4 Å². The van der Waals surface area contributed by atoms with Gasteiger partial charge in [0.2, 0.25) is 0 Å². The first-order valence-electron chi connectivity index (χ1n) is 11.1. The van der Waals surface area contributed by atoms with E-state index in [0.29, 0.717) is 11.6 Å². The van der Waals surface area contributed by atoms with E-state index < -0.39 is 0 Å². The predicted molar refractivity (Wildman–Crippen MR) is 133 cm³/mol. The number of nitrogens with zero attached hydrogens (tertiary/aromatic N) is 5. The Bertz CT molecular complexity index is 1290. The third-order valence-corrected chi connectivity index (χ3v) is 7.46. The van der Waals surface area contributed by atoms with Crippen LogP contribution >= 0.6 is 22.9 Å². The molecule has 2 N–H and O–H groups in total. The van der Waals surface area contributed by atoms with Gasteiger partial charge in [0.1, 0.15) is 22.7 Å². The number of aliphatic imine (C=N–C) groups is 1. The lowest BCUT2D eigenvalue weighted by atomic mass is 10.00. The second-order valence-electron chi connectivity index (χ2n) is 8.25. The number of aromatic amines is 1. The van der Waals surface area contributed by atoms with E-state index in [4.69, 9.17) is 16.6 Å². The van der Waals surface area contributed by atoms with E-state index in [0.717, 1.165) is 58.7 Å². The summed E-state index contributed by atoms with van der Waals surface area (Å²) < 4.78 is 2.18. The van der Waals surface area contributed by atoms with Crippen LogP contribution in [0.5, 0.6) is 0 Å². The van der Waals surface area contributed by atoms with Gasteiger partial charge >= 0.3 is 0 Å². The van der Waals surface area contributed by atoms with Crippen LogP contribution in [0, 0.1) is 20.8 Å². The molecular formula is C24H26ClN7S. The third-order valence-electron chi connectivity index (χ3n) is 6.02. The topological polar surface area (TPSA) is 83.8 Å². The molecule has 33 heavy (non-hydrogen) atoms. The van der Waals surface area contributed by atoms with Gasteiger partial charge in [-0.2, -0.15) is 0 Å². The molecule has 1 aliphatic heterocycles. The van der Waals surface area contributed by atoms with Crippen molar-refractivity contribution in [1.29, 1.82) is 0 Å². The second-order valence-corrected chi connectivity index (χ2v) is 9.89. The summed E-state index contributed by atoms with van der Waals surface area (Å²) in [7, 11) is 0. The molecular weight excluding hydrogens is 454 g/mol. The zero-order valence-electron chi connectivity index (χ0n) is 18.9. The van der Waals surface area contributed by atoms with Gasteiger partial charge in [0, 0.05) is 46.4 Å². The third kappa shape index (κ3) is 4.26. The van der Waals surface area contributed by atoms with E-state index in [9.17, 15) is 0 Å². The van der Waals surface area contributed by atoms with Gasteiger partial charge in [-0.15, -0.1) is 21.5 Å². The lowest BCUT2D eigenvalue weighted by molar-refractivity contribution is 0.558. The highest BCUT2D eigenvalue weighted by molar-refractivity contribution is 7.15. The summed E-state index contributed by atoms with van der Waals surface area (Å²) in [5.41, 5.74) is 4.44. The van der Waals surface area contributed by atoms with Crippen LogP contribution in [0.2, 0.25) is 5.02 Å². The number of aryl methyl sites for hydroxylation is 3. The van der Waals surface area contributed by atoms with Crippen molar-refractivity contribution in [1.82, 2.24) is 30.0 Å². The maximum atomic E-state index is 6.18. The Morgan fingerprint density at radius 3 is 2.73 bits per heavy atom. The van der Waals surface area contributed by atoms with Gasteiger partial charge in [0.15, 0.2) is 5.82 Å². The fourth-order valence-electron chi connectivity index (χ4n) is 4.19. The van der Waals surface area contributed by atoms with Crippen molar-refractivity contribution >= 4 is 28.6 Å². The number of imidazole rings is 1. The standard InChI is InChI=1S/C24H26ClN7S/c1-14-15(2)33-24-21(14)22(17-6-8-18(25)9-7-17)29-19(23-31-30-16(3)32(23)24)13-26-10-4-5-20-27-11-12-28-20/h6-9,11-12,19,26H,4-5,10,13H2,1-3H3,(H,27,28). The Labute approximate surface area is 202 Å². The fraction of sp³-hybridized carbons (Fsp3) is 0.333. The number of benzene rings is 1. The number of hydrogen-bond acceptors (Lipinski definition) is 6. The first-order chi connectivity index (χ1) is 16.0. The summed E-state index contributed by atoms with van der Waals surface area (Å²) in [6, 6.07) is 7.78. The molecule has 0 spiro atoms. The summed E-state index contributed by atoms with van der Waals surface area (Å²) >= 11 is 7.95. The van der Waals surface area contributed by atoms with Crippen molar-refractivity contribution in [3.8, 4) is 5.00 Å². The molecule has 0 saturated carbocycles. The average Bonchev–Trinajstić information content (AvgIpc) is 3.50. The first kappa shape index (κ1) is 22.0. The van der Waals surface area contributed by atoms with Crippen molar-refractivity contribution in [3.05, 3.63) is 80.7 Å². The lowest BCUT2D eigenvalue weighted by Gasteiger charge is -2.14. The van der Waals surface area contributed by atoms with Gasteiger partial charge in [0.25, 0.3) is 0 Å². The maximum absolute atomic E-state index is 6.18. The number of thiophene rings is 1. The molecule has 4 heterocycles. The number of fused-ring (bicyclic) bond motifs is 3. The van der Waals surface area contributed by atoms with Crippen LogP contribution in [0.3, 0.4) is 0 Å². The highest BCUT2D eigenvalue weighted by Crippen LogP contribution is 2.38. The van der Waals surface area contributed by atoms with Gasteiger partial charge in [-0.1, -0.05) is 23.7 Å². The second kappa shape index (κ2) is 9.21. The summed E-state index contributed by atoms with van der Waals surface area (Å²) in [5, 5.41) is 14.4. The average molecular weight is 480 g/mol. The Balaban J connectivity index is 1.49. The summed E-state index contributed by atoms with van der Waals surface area (Å²) in [5.74, 6) is 2.76. The minimum absolute atomic E-state index is 0.153. The van der Waals surface area contributed by atoms with Crippen LogP contribution in [-0.2, 0) is 6.42 Å². The SMILES string of the molecule is Cc1sc2c(c1C)C(c1ccc(Cl)cc1)=NC(CNCCCc1ncc[nH]1)c1nnc(C)n1-2. The number of rotatable bonds is 7. The number of hydrogen-bond donors (Lipinski definition) is 2. The summed E-state index contributed by atoms with van der Waals surface area (Å²) in [4.78, 5) is 14.0. The van der Waals surface area contributed by atoms with E-state index >= 15 is 0 Å². The highest BCUT2D eigenvalue weighted by atomic mass is 35.5. The molecule has 5 rings (SSSR count). The van der Waals surface area contributed by atoms with E-state index in [-0.39, 0.29) is 6.04 Å². The predicted octanol–water partition coefficient (Wildman–Crippen LogP) is 4.75. The molecule has 1 aliphatic rings. The molecule has 0 bridgehead atoms. The maximum Gasteiger partial charge on any atom is 0.164 e.